The maximum Gasteiger partial charge on any atom is 0.337 e. The lowest BCUT2D eigenvalue weighted by molar-refractivity contribution is -0.985. The van der Waals surface area contributed by atoms with E-state index in [1.165, 1.54) is 29.4 Å². The second-order valence-corrected chi connectivity index (χ2v) is 9.76. The lowest BCUT2D eigenvalue weighted by Gasteiger charge is -2.51. The van der Waals surface area contributed by atoms with Crippen LogP contribution in [-0.4, -0.2) is 37.7 Å². The van der Waals surface area contributed by atoms with E-state index in [9.17, 15) is 4.79 Å². The highest BCUT2D eigenvalue weighted by Crippen LogP contribution is 2.51. The molecule has 4 aliphatic heterocycles. The first-order chi connectivity index (χ1) is 17.1. The molecule has 0 saturated carbocycles. The van der Waals surface area contributed by atoms with E-state index in [-0.39, 0.29) is 42.6 Å². The summed E-state index contributed by atoms with van der Waals surface area (Å²) in [7, 11) is 1.42. The molecular formula is C28H26BrNO6. The Labute approximate surface area is 219 Å². The summed E-state index contributed by atoms with van der Waals surface area (Å²) in [6.07, 6.45) is 1.84. The van der Waals surface area contributed by atoms with Gasteiger partial charge in [0.15, 0.2) is 23.0 Å². The quantitative estimate of drug-likeness (QED) is 0.361. The highest BCUT2D eigenvalue weighted by atomic mass is 79.9. The van der Waals surface area contributed by atoms with Gasteiger partial charge in [-0.1, -0.05) is 18.2 Å². The Hall–Kier alpha value is -3.23. The van der Waals surface area contributed by atoms with Gasteiger partial charge in [0.05, 0.1) is 24.8 Å². The molecule has 3 aromatic carbocycles. The summed E-state index contributed by atoms with van der Waals surface area (Å²) in [5.41, 5.74) is 6.91. The number of hydrogen-bond acceptors (Lipinski definition) is 6. The molecule has 0 radical (unpaired) electrons. The molecule has 8 heteroatoms. The van der Waals surface area contributed by atoms with Crippen molar-refractivity contribution in [3.8, 4) is 23.0 Å². The van der Waals surface area contributed by atoms with E-state index in [2.05, 4.69) is 24.3 Å². The van der Waals surface area contributed by atoms with Crippen LogP contribution in [-0.2, 0) is 30.7 Å². The van der Waals surface area contributed by atoms with Crippen LogP contribution in [0.5, 0.6) is 23.0 Å². The van der Waals surface area contributed by atoms with Crippen LogP contribution in [0, 0.1) is 0 Å². The summed E-state index contributed by atoms with van der Waals surface area (Å²) in [5.74, 6) is 3.07. The normalized spacial score (nSPS) is 22.1. The number of hydrogen-bond donors (Lipinski definition) is 0. The molecular weight excluding hydrogens is 526 g/mol. The second kappa shape index (κ2) is 8.71. The van der Waals surface area contributed by atoms with E-state index in [4.69, 9.17) is 23.7 Å². The van der Waals surface area contributed by atoms with Crippen LogP contribution < -0.4 is 35.9 Å². The van der Waals surface area contributed by atoms with Gasteiger partial charge in [0.25, 0.3) is 0 Å². The fraction of sp³-hybridized carbons (Fsp3) is 0.321. The molecule has 2 atom stereocenters. The topological polar surface area (TPSA) is 63.2 Å². The first-order valence-corrected chi connectivity index (χ1v) is 12.0. The van der Waals surface area contributed by atoms with E-state index in [0.717, 1.165) is 65.5 Å². The van der Waals surface area contributed by atoms with Crippen LogP contribution in [0.4, 0.5) is 0 Å². The number of nitrogens with zero attached hydrogens (tertiary/aromatic N) is 1. The van der Waals surface area contributed by atoms with Gasteiger partial charge < -0.3 is 45.1 Å². The highest BCUT2D eigenvalue weighted by molar-refractivity contribution is 5.89. The van der Waals surface area contributed by atoms with E-state index in [1.54, 1.807) is 0 Å². The van der Waals surface area contributed by atoms with Crippen molar-refractivity contribution in [3.05, 3.63) is 81.9 Å². The number of fused-ring (bicyclic) bond motifs is 7. The zero-order valence-corrected chi connectivity index (χ0v) is 21.5. The van der Waals surface area contributed by atoms with Gasteiger partial charge in [0, 0.05) is 24.0 Å². The Bertz CT molecular complexity index is 1370. The molecule has 4 aliphatic rings. The number of ether oxygens (including phenoxy) is 5. The fourth-order valence-electron chi connectivity index (χ4n) is 6.30. The molecule has 7 nitrogen and oxygen atoms in total. The van der Waals surface area contributed by atoms with Crippen LogP contribution in [0.1, 0.15) is 44.2 Å². The third kappa shape index (κ3) is 3.54. The van der Waals surface area contributed by atoms with Crippen LogP contribution >= 0.6 is 0 Å². The average Bonchev–Trinajstić information content (AvgIpc) is 3.55. The zero-order valence-electron chi connectivity index (χ0n) is 19.9. The summed E-state index contributed by atoms with van der Waals surface area (Å²) in [5, 5.41) is 0. The molecule has 7 rings (SSSR count). The molecule has 0 fully saturated rings. The minimum absolute atomic E-state index is 0. The molecule has 0 aromatic heterocycles. The number of quaternary nitrogens is 1. The predicted molar refractivity (Wildman–Crippen MR) is 126 cm³/mol. The summed E-state index contributed by atoms with van der Waals surface area (Å²) in [4.78, 5) is 12.2. The van der Waals surface area contributed by atoms with Gasteiger partial charge in [0.2, 0.25) is 13.6 Å². The third-order valence-corrected chi connectivity index (χ3v) is 7.95. The molecule has 0 N–H and O–H groups in total. The second-order valence-electron chi connectivity index (χ2n) is 9.76. The summed E-state index contributed by atoms with van der Waals surface area (Å²) < 4.78 is 28.9. The smallest absolute Gasteiger partial charge is 0.337 e. The van der Waals surface area contributed by atoms with Crippen molar-refractivity contribution in [1.82, 2.24) is 0 Å². The van der Waals surface area contributed by atoms with Gasteiger partial charge in [-0.2, -0.15) is 0 Å². The van der Waals surface area contributed by atoms with Crippen LogP contribution in [0.2, 0.25) is 0 Å². The lowest BCUT2D eigenvalue weighted by atomic mass is 9.80. The first-order valence-electron chi connectivity index (χ1n) is 12.0. The summed E-state index contributed by atoms with van der Waals surface area (Å²) in [6.45, 7) is 3.15. The van der Waals surface area contributed by atoms with Gasteiger partial charge in [-0.3, -0.25) is 0 Å². The Morgan fingerprint density at radius 3 is 2.64 bits per heavy atom. The summed E-state index contributed by atoms with van der Waals surface area (Å²) in [6, 6.07) is 16.7. The van der Waals surface area contributed by atoms with E-state index >= 15 is 0 Å². The van der Waals surface area contributed by atoms with Crippen LogP contribution in [0.3, 0.4) is 0 Å². The molecule has 0 bridgehead atoms. The van der Waals surface area contributed by atoms with Crippen molar-refractivity contribution < 1.29 is 49.9 Å². The third-order valence-electron chi connectivity index (χ3n) is 7.95. The zero-order chi connectivity index (χ0) is 23.6. The Balaban J connectivity index is 0.00000240. The number of carbonyl (C=O) groups excluding carboxylic acids is 1. The average molecular weight is 552 g/mol. The predicted octanol–water partition coefficient (Wildman–Crippen LogP) is 1.31. The first kappa shape index (κ1) is 23.2. The molecule has 4 heterocycles. The SMILES string of the molecule is COC(=O)c1cccc(C[N+]23CCc4cc5c(cc4C2Cc2ccc4c(c2C3)OCO4)OCO5)c1.[Br-]. The Morgan fingerprint density at radius 2 is 1.78 bits per heavy atom. The van der Waals surface area contributed by atoms with Crippen LogP contribution in [0.25, 0.3) is 0 Å². The Morgan fingerprint density at radius 1 is 0.972 bits per heavy atom. The maximum atomic E-state index is 12.2. The molecule has 0 amide bonds. The van der Waals surface area contributed by atoms with E-state index in [1.807, 2.05) is 24.3 Å². The number of halogens is 1. The maximum absolute atomic E-state index is 12.2. The van der Waals surface area contributed by atoms with Gasteiger partial charge in [-0.15, -0.1) is 0 Å². The van der Waals surface area contributed by atoms with Gasteiger partial charge >= 0.3 is 5.97 Å². The molecule has 3 aromatic rings. The molecule has 2 unspecified atom stereocenters. The molecule has 36 heavy (non-hydrogen) atoms. The molecule has 0 saturated heterocycles. The Kier molecular flexibility index (Phi) is 5.61. The van der Waals surface area contributed by atoms with Crippen molar-refractivity contribution in [1.29, 1.82) is 0 Å². The molecule has 0 aliphatic carbocycles. The van der Waals surface area contributed by atoms with Crippen molar-refractivity contribution in [2.24, 2.45) is 0 Å². The van der Waals surface area contributed by atoms with Gasteiger partial charge in [0.1, 0.15) is 19.1 Å². The van der Waals surface area contributed by atoms with Crippen molar-refractivity contribution in [2.75, 3.05) is 27.2 Å². The number of benzene rings is 3. The van der Waals surface area contributed by atoms with E-state index in [0.29, 0.717) is 5.56 Å². The lowest BCUT2D eigenvalue weighted by Crippen LogP contribution is -3.00. The van der Waals surface area contributed by atoms with Crippen LogP contribution in [0.15, 0.2) is 48.5 Å². The van der Waals surface area contributed by atoms with Crippen molar-refractivity contribution >= 4 is 5.97 Å². The van der Waals surface area contributed by atoms with Gasteiger partial charge in [-0.05, 0) is 41.5 Å². The highest BCUT2D eigenvalue weighted by Gasteiger charge is 2.48. The molecule has 0 spiro atoms. The number of esters is 1. The monoisotopic (exact) mass is 551 g/mol. The standard InChI is InChI=1S/C28H26NO6.BrH/c1-31-28(30)20-4-2-3-17(9-20)13-29-8-7-19-11-25-26(34-15-33-25)12-21(19)23(29)10-18-5-6-24-27(22(18)14-29)35-16-32-24;/h2-6,9,11-12,23H,7-8,10,13-16H2,1H3;1H/q+1;/p-1. The number of methoxy groups -OCH3 is 1. The molecule has 186 valence electrons. The minimum atomic E-state index is -0.313. The summed E-state index contributed by atoms with van der Waals surface area (Å²) >= 11 is 0. The van der Waals surface area contributed by atoms with E-state index < -0.39 is 0 Å². The minimum Gasteiger partial charge on any atom is -1.00 e. The number of rotatable bonds is 3. The fourth-order valence-corrected chi connectivity index (χ4v) is 6.30. The van der Waals surface area contributed by atoms with Gasteiger partial charge in [-0.25, -0.2) is 4.79 Å². The van der Waals surface area contributed by atoms with Crippen molar-refractivity contribution in [2.45, 2.75) is 32.0 Å². The van der Waals surface area contributed by atoms with Crippen molar-refractivity contribution in [3.63, 3.8) is 0 Å². The largest absolute Gasteiger partial charge is 1.00 e. The number of carbonyl (C=O) groups is 1.